The highest BCUT2D eigenvalue weighted by Crippen LogP contribution is 2.40. The smallest absolute Gasteiger partial charge is 0.224 e. The van der Waals surface area contributed by atoms with Crippen LogP contribution in [0, 0.1) is 13.8 Å². The quantitative estimate of drug-likeness (QED) is 0.588. The number of hydrogen-bond donors (Lipinski definition) is 1. The molecule has 0 radical (unpaired) electrons. The summed E-state index contributed by atoms with van der Waals surface area (Å²) in [6.07, 6.45) is 1.61. The van der Waals surface area contributed by atoms with Crippen LogP contribution >= 0.6 is 35.9 Å². The molecule has 0 spiro atoms. The average Bonchev–Trinajstić information content (AvgIpc) is 2.50. The van der Waals surface area contributed by atoms with E-state index in [9.17, 15) is 0 Å². The molecule has 1 aromatic carbocycles. The van der Waals surface area contributed by atoms with Gasteiger partial charge in [-0.05, 0) is 58.6 Å². The summed E-state index contributed by atoms with van der Waals surface area (Å²) in [7, 11) is 2.10. The van der Waals surface area contributed by atoms with Gasteiger partial charge in [-0.15, -0.1) is 0 Å². The Balaban J connectivity index is 2.51. The summed E-state index contributed by atoms with van der Waals surface area (Å²) in [6.45, 7) is 4.10. The molecule has 0 aliphatic rings. The maximum Gasteiger partial charge on any atom is 0.224 e. The Morgan fingerprint density at radius 1 is 1.23 bits per heavy atom. The van der Waals surface area contributed by atoms with Crippen molar-refractivity contribution < 1.29 is 9.05 Å². The third-order valence-electron chi connectivity index (χ3n) is 3.18. The Hall–Kier alpha value is -0.780. The summed E-state index contributed by atoms with van der Waals surface area (Å²) in [5.74, 6) is 0.589. The third kappa shape index (κ3) is 3.76. The van der Waals surface area contributed by atoms with Gasteiger partial charge in [0.1, 0.15) is 5.82 Å². The molecular formula is C14H16BrClN3O2P. The molecule has 0 saturated carbocycles. The van der Waals surface area contributed by atoms with Gasteiger partial charge in [-0.25, -0.2) is 4.98 Å². The topological polar surface area (TPSA) is 56.3 Å². The molecule has 2 aromatic rings. The minimum Gasteiger partial charge on any atom is -0.338 e. The Labute approximate surface area is 144 Å². The highest BCUT2D eigenvalue weighted by molar-refractivity contribution is 9.10. The molecule has 0 bridgehead atoms. The fourth-order valence-electron chi connectivity index (χ4n) is 1.96. The SMILES string of the molecule is COP(OC)c1c(Nc2nc(Cl)ncc2Br)ccc(C)c1C. The number of halogens is 2. The van der Waals surface area contributed by atoms with E-state index in [1.54, 1.807) is 20.4 Å². The van der Waals surface area contributed by atoms with Crippen LogP contribution in [0.2, 0.25) is 5.28 Å². The van der Waals surface area contributed by atoms with Crippen LogP contribution in [-0.4, -0.2) is 24.2 Å². The second kappa shape index (κ2) is 7.66. The predicted molar refractivity (Wildman–Crippen MR) is 94.5 cm³/mol. The zero-order chi connectivity index (χ0) is 16.3. The molecule has 8 heteroatoms. The molecule has 2 rings (SSSR count). The number of nitrogens with one attached hydrogen (secondary N) is 1. The minimum absolute atomic E-state index is 0.178. The lowest BCUT2D eigenvalue weighted by atomic mass is 10.1. The summed E-state index contributed by atoms with van der Waals surface area (Å²) in [5.41, 5.74) is 3.16. The lowest BCUT2D eigenvalue weighted by Gasteiger charge is -2.21. The van der Waals surface area contributed by atoms with Crippen molar-refractivity contribution in [3.63, 3.8) is 0 Å². The van der Waals surface area contributed by atoms with E-state index >= 15 is 0 Å². The van der Waals surface area contributed by atoms with Gasteiger partial charge in [0.25, 0.3) is 0 Å². The largest absolute Gasteiger partial charge is 0.338 e. The standard InChI is InChI=1S/C14H16BrClN3O2P/c1-8-5-6-11(12(9(8)2)22(20-3)21-4)18-13-10(15)7-17-14(16)19-13/h5-7H,1-4H3,(H,17,18,19). The van der Waals surface area contributed by atoms with E-state index < -0.39 is 8.38 Å². The Kier molecular flexibility index (Phi) is 6.12. The molecule has 5 nitrogen and oxygen atoms in total. The molecule has 118 valence electrons. The maximum atomic E-state index is 5.87. The van der Waals surface area contributed by atoms with Crippen molar-refractivity contribution in [1.29, 1.82) is 0 Å². The lowest BCUT2D eigenvalue weighted by molar-refractivity contribution is 0.350. The normalized spacial score (nSPS) is 11.0. The molecule has 1 heterocycles. The number of rotatable bonds is 5. The van der Waals surface area contributed by atoms with Crippen LogP contribution in [0.4, 0.5) is 11.5 Å². The molecule has 0 amide bonds. The summed E-state index contributed by atoms with van der Waals surface area (Å²) in [6, 6.07) is 4.02. The molecule has 0 aliphatic carbocycles. The van der Waals surface area contributed by atoms with Crippen LogP contribution in [-0.2, 0) is 9.05 Å². The highest BCUT2D eigenvalue weighted by atomic mass is 79.9. The molecule has 22 heavy (non-hydrogen) atoms. The van der Waals surface area contributed by atoms with Crippen molar-refractivity contribution in [1.82, 2.24) is 9.97 Å². The van der Waals surface area contributed by atoms with Crippen molar-refractivity contribution >= 4 is 52.7 Å². The number of aromatic nitrogens is 2. The molecule has 0 unspecified atom stereocenters. The van der Waals surface area contributed by atoms with Crippen LogP contribution in [0.15, 0.2) is 22.8 Å². The van der Waals surface area contributed by atoms with Crippen molar-refractivity contribution in [3.05, 3.63) is 39.2 Å². The highest BCUT2D eigenvalue weighted by Gasteiger charge is 2.20. The van der Waals surface area contributed by atoms with Gasteiger partial charge in [0.05, 0.1) is 15.5 Å². The van der Waals surface area contributed by atoms with Gasteiger partial charge in [-0.1, -0.05) is 6.07 Å². The van der Waals surface area contributed by atoms with Crippen LogP contribution < -0.4 is 10.6 Å². The van der Waals surface area contributed by atoms with E-state index in [2.05, 4.69) is 38.1 Å². The van der Waals surface area contributed by atoms with Gasteiger partial charge >= 0.3 is 0 Å². The van der Waals surface area contributed by atoms with E-state index in [4.69, 9.17) is 20.6 Å². The van der Waals surface area contributed by atoms with Crippen molar-refractivity contribution in [2.24, 2.45) is 0 Å². The van der Waals surface area contributed by atoms with Gasteiger partial charge in [0.15, 0.2) is 0 Å². The number of aryl methyl sites for hydroxylation is 1. The van der Waals surface area contributed by atoms with E-state index in [1.165, 1.54) is 5.56 Å². The van der Waals surface area contributed by atoms with Crippen LogP contribution in [0.25, 0.3) is 0 Å². The molecular weight excluding hydrogens is 389 g/mol. The molecule has 0 aliphatic heterocycles. The maximum absolute atomic E-state index is 5.87. The van der Waals surface area contributed by atoms with Crippen molar-refractivity contribution in [2.45, 2.75) is 13.8 Å². The summed E-state index contributed by atoms with van der Waals surface area (Å²) in [5, 5.41) is 4.44. The fourth-order valence-corrected chi connectivity index (χ4v) is 3.67. The number of hydrogen-bond acceptors (Lipinski definition) is 5. The van der Waals surface area contributed by atoms with Crippen LogP contribution in [0.5, 0.6) is 0 Å². The predicted octanol–water partition coefficient (Wildman–Crippen LogP) is 4.48. The summed E-state index contributed by atoms with van der Waals surface area (Å²) >= 11 is 9.28. The average molecular weight is 405 g/mol. The molecule has 1 N–H and O–H groups in total. The number of benzene rings is 1. The molecule has 1 aromatic heterocycles. The Morgan fingerprint density at radius 3 is 2.55 bits per heavy atom. The third-order valence-corrected chi connectivity index (χ3v) is 5.55. The summed E-state index contributed by atoms with van der Waals surface area (Å²) in [4.78, 5) is 8.12. The summed E-state index contributed by atoms with van der Waals surface area (Å²) < 4.78 is 11.7. The molecule has 0 atom stereocenters. The zero-order valence-electron chi connectivity index (χ0n) is 12.6. The first kappa shape index (κ1) is 17.6. The Morgan fingerprint density at radius 2 is 1.91 bits per heavy atom. The van der Waals surface area contributed by atoms with E-state index in [-0.39, 0.29) is 5.28 Å². The van der Waals surface area contributed by atoms with E-state index in [1.807, 2.05) is 19.1 Å². The second-order valence-electron chi connectivity index (χ2n) is 4.49. The number of nitrogens with zero attached hydrogens (tertiary/aromatic N) is 2. The second-order valence-corrected chi connectivity index (χ2v) is 7.37. The van der Waals surface area contributed by atoms with Crippen LogP contribution in [0.3, 0.4) is 0 Å². The van der Waals surface area contributed by atoms with E-state index in [0.29, 0.717) is 5.82 Å². The first-order valence-corrected chi connectivity index (χ1v) is 8.76. The van der Waals surface area contributed by atoms with Gasteiger partial charge in [-0.2, -0.15) is 4.98 Å². The Bertz CT molecular complexity index is 683. The first-order chi connectivity index (χ1) is 10.5. The van der Waals surface area contributed by atoms with Gasteiger partial charge < -0.3 is 14.4 Å². The monoisotopic (exact) mass is 403 g/mol. The molecule has 0 fully saturated rings. The van der Waals surface area contributed by atoms with Crippen LogP contribution in [0.1, 0.15) is 11.1 Å². The zero-order valence-corrected chi connectivity index (χ0v) is 15.9. The molecule has 0 saturated heterocycles. The van der Waals surface area contributed by atoms with Crippen molar-refractivity contribution in [2.75, 3.05) is 19.5 Å². The fraction of sp³-hybridized carbons (Fsp3) is 0.286. The van der Waals surface area contributed by atoms with Crippen molar-refractivity contribution in [3.8, 4) is 0 Å². The van der Waals surface area contributed by atoms with E-state index in [0.717, 1.165) is 21.0 Å². The van der Waals surface area contributed by atoms with Gasteiger partial charge in [0.2, 0.25) is 13.7 Å². The number of anilines is 2. The van der Waals surface area contributed by atoms with Gasteiger partial charge in [-0.3, -0.25) is 0 Å². The minimum atomic E-state index is -1.18. The lowest BCUT2D eigenvalue weighted by Crippen LogP contribution is -2.15. The van der Waals surface area contributed by atoms with Gasteiger partial charge in [0, 0.05) is 20.4 Å². The first-order valence-electron chi connectivity index (χ1n) is 6.41.